The van der Waals surface area contributed by atoms with Crippen molar-refractivity contribution >= 4 is 0 Å². The van der Waals surface area contributed by atoms with Crippen molar-refractivity contribution in [3.63, 3.8) is 0 Å². The number of aromatic nitrogens is 2. The van der Waals surface area contributed by atoms with Crippen molar-refractivity contribution < 1.29 is 4.94 Å². The van der Waals surface area contributed by atoms with Crippen molar-refractivity contribution in [1.29, 1.82) is 0 Å². The van der Waals surface area contributed by atoms with Crippen LogP contribution >= 0.6 is 0 Å². The Morgan fingerprint density at radius 1 is 1.50 bits per heavy atom. The molecule has 0 spiro atoms. The van der Waals surface area contributed by atoms with E-state index in [1.165, 1.54) is 0 Å². The van der Waals surface area contributed by atoms with E-state index in [0.717, 1.165) is 0 Å². The van der Waals surface area contributed by atoms with Gasteiger partial charge in [-0.3, -0.25) is 0 Å². The topological polar surface area (TPSA) is 90.0 Å². The van der Waals surface area contributed by atoms with Crippen molar-refractivity contribution in [3.8, 4) is 0 Å². The van der Waals surface area contributed by atoms with Gasteiger partial charge in [0.2, 0.25) is 0 Å². The summed E-state index contributed by atoms with van der Waals surface area (Å²) in [6.07, 6.45) is 5.08. The lowest BCUT2D eigenvalue weighted by molar-refractivity contribution is 0.142. The maximum absolute atomic E-state index is 4.12. The molecule has 0 aromatic carbocycles. The molecule has 0 amide bonds. The predicted octanol–water partition coefficient (Wildman–Crippen LogP) is -0.840. The van der Waals surface area contributed by atoms with E-state index in [1.54, 1.807) is 18.7 Å². The highest BCUT2D eigenvalue weighted by molar-refractivity contribution is 4.64. The molecule has 8 heavy (non-hydrogen) atoms. The molecule has 0 aliphatic rings. The maximum atomic E-state index is 4.12. The van der Waals surface area contributed by atoms with Gasteiger partial charge in [0.15, 0.2) is 0 Å². The summed E-state index contributed by atoms with van der Waals surface area (Å²) in [6, 6.07) is 0. The van der Waals surface area contributed by atoms with Crippen LogP contribution in [0.25, 0.3) is 0 Å². The van der Waals surface area contributed by atoms with E-state index in [2.05, 4.69) is 26.7 Å². The van der Waals surface area contributed by atoms with Gasteiger partial charge in [-0.05, 0) is 0 Å². The summed E-state index contributed by atoms with van der Waals surface area (Å²) in [5.41, 5.74) is 0. The lowest BCUT2D eigenvalue weighted by Gasteiger charge is -1.62. The third-order valence-electron chi connectivity index (χ3n) is 0.406. The van der Waals surface area contributed by atoms with Gasteiger partial charge in [-0.25, -0.2) is 9.92 Å². The fraction of sp³-hybridized carbons (Fsp3) is 0. The van der Waals surface area contributed by atoms with E-state index in [4.69, 9.17) is 0 Å². The molecule has 46 valence electrons. The summed E-state index contributed by atoms with van der Waals surface area (Å²) >= 11 is 0. The smallest absolute Gasteiger partial charge is 0.0919 e. The molecule has 1 aromatic heterocycles. The Morgan fingerprint density at radius 2 is 2.12 bits per heavy atom. The van der Waals surface area contributed by atoms with Gasteiger partial charge in [0.25, 0.3) is 0 Å². The first kappa shape index (κ1) is 7.09. The van der Waals surface area contributed by atoms with Crippen LogP contribution in [0.5, 0.6) is 0 Å². The number of hydrogen-bond acceptors (Lipinski definition) is 4. The van der Waals surface area contributed by atoms with Crippen LogP contribution in [0.4, 0.5) is 0 Å². The number of nitrogens with two attached hydrogens (primary N) is 2. The average Bonchev–Trinajstić information content (AvgIpc) is 2.17. The minimum atomic E-state index is 1.62. The molecular formula is C3H8N4O. The molecule has 5 heteroatoms. The number of H-pyrrole nitrogens is 1. The second-order valence-corrected chi connectivity index (χ2v) is 0.897. The molecule has 0 aliphatic heterocycles. The number of nitrogens with one attached hydrogen (secondary N) is 1. The zero-order chi connectivity index (χ0) is 6.24. The van der Waals surface area contributed by atoms with Gasteiger partial charge in [0, 0.05) is 12.4 Å². The second kappa shape index (κ2) is 6.09. The van der Waals surface area contributed by atoms with Gasteiger partial charge in [-0.15, -0.1) is 0 Å². The zero-order valence-corrected chi connectivity index (χ0v) is 4.24. The normalized spacial score (nSPS) is 7.25. The Balaban J connectivity index is 0.000000145. The SMILES string of the molecule is NON.c1c[nH]cn1. The van der Waals surface area contributed by atoms with Crippen molar-refractivity contribution in [2.24, 2.45) is 11.8 Å². The van der Waals surface area contributed by atoms with Gasteiger partial charge in [0.1, 0.15) is 0 Å². The van der Waals surface area contributed by atoms with Crippen molar-refractivity contribution in [2.45, 2.75) is 0 Å². The van der Waals surface area contributed by atoms with Crippen LogP contribution in [-0.2, 0) is 4.94 Å². The molecule has 1 heterocycles. The Morgan fingerprint density at radius 3 is 2.25 bits per heavy atom. The lowest BCUT2D eigenvalue weighted by Crippen LogP contribution is -2.03. The van der Waals surface area contributed by atoms with Gasteiger partial charge in [-0.1, -0.05) is 0 Å². The second-order valence-electron chi connectivity index (χ2n) is 0.897. The first-order valence-electron chi connectivity index (χ1n) is 1.90. The van der Waals surface area contributed by atoms with Crippen LogP contribution in [0, 0.1) is 0 Å². The van der Waals surface area contributed by atoms with Crippen molar-refractivity contribution in [2.75, 3.05) is 0 Å². The van der Waals surface area contributed by atoms with Gasteiger partial charge in [0.05, 0.1) is 6.33 Å². The van der Waals surface area contributed by atoms with Crippen LogP contribution in [0.1, 0.15) is 0 Å². The van der Waals surface area contributed by atoms with E-state index < -0.39 is 0 Å². The van der Waals surface area contributed by atoms with Crippen molar-refractivity contribution in [1.82, 2.24) is 9.97 Å². The highest BCUT2D eigenvalue weighted by Gasteiger charge is 1.56. The van der Waals surface area contributed by atoms with Crippen LogP contribution in [-0.4, -0.2) is 9.97 Å². The fourth-order valence-electron chi connectivity index (χ4n) is 0.215. The summed E-state index contributed by atoms with van der Waals surface area (Å²) in [4.78, 5) is 9.67. The molecule has 1 aromatic rings. The lowest BCUT2D eigenvalue weighted by atomic mass is 11.0. The van der Waals surface area contributed by atoms with Gasteiger partial charge in [-0.2, -0.15) is 11.8 Å². The molecular weight excluding hydrogens is 108 g/mol. The predicted molar refractivity (Wildman–Crippen MR) is 28.0 cm³/mol. The molecule has 0 aliphatic carbocycles. The minimum absolute atomic E-state index is 1.62. The number of aromatic amines is 1. The standard InChI is InChI=1S/C3H4N2.H4N2O/c1-2-5-3-4-1;1-3-2/h1-3H,(H,4,5);1-2H2. The summed E-state index contributed by atoms with van der Waals surface area (Å²) in [7, 11) is 0. The maximum Gasteiger partial charge on any atom is 0.0919 e. The number of nitrogens with zero attached hydrogens (tertiary/aromatic N) is 1. The zero-order valence-electron chi connectivity index (χ0n) is 4.24. The Labute approximate surface area is 46.6 Å². The monoisotopic (exact) mass is 116 g/mol. The fourth-order valence-corrected chi connectivity index (χ4v) is 0.215. The first-order chi connectivity index (χ1) is 3.91. The molecule has 1 rings (SSSR count). The Kier molecular flexibility index (Phi) is 5.40. The van der Waals surface area contributed by atoms with E-state index in [1.807, 2.05) is 0 Å². The quantitative estimate of drug-likeness (QED) is 0.385. The molecule has 0 saturated carbocycles. The number of imidazole rings is 1. The van der Waals surface area contributed by atoms with Crippen LogP contribution in [0.3, 0.4) is 0 Å². The molecule has 0 atom stereocenters. The molecule has 5 N–H and O–H groups in total. The van der Waals surface area contributed by atoms with Gasteiger partial charge < -0.3 is 4.98 Å². The molecule has 0 bridgehead atoms. The van der Waals surface area contributed by atoms with Crippen molar-refractivity contribution in [3.05, 3.63) is 18.7 Å². The van der Waals surface area contributed by atoms with Crippen LogP contribution < -0.4 is 11.8 Å². The molecule has 0 fully saturated rings. The van der Waals surface area contributed by atoms with E-state index in [0.29, 0.717) is 0 Å². The molecule has 0 unspecified atom stereocenters. The average molecular weight is 116 g/mol. The van der Waals surface area contributed by atoms with Gasteiger partial charge >= 0.3 is 0 Å². The van der Waals surface area contributed by atoms with E-state index >= 15 is 0 Å². The molecule has 0 radical (unpaired) electrons. The Bertz CT molecular complexity index is 78.2. The van der Waals surface area contributed by atoms with Crippen LogP contribution in [0.15, 0.2) is 18.7 Å². The summed E-state index contributed by atoms with van der Waals surface area (Å²) in [5.74, 6) is 8.25. The summed E-state index contributed by atoms with van der Waals surface area (Å²) in [6.45, 7) is 0. The third kappa shape index (κ3) is 5.09. The number of rotatable bonds is 0. The Hall–Kier alpha value is -0.910. The highest BCUT2D eigenvalue weighted by atomic mass is 16.7. The first-order valence-corrected chi connectivity index (χ1v) is 1.90. The van der Waals surface area contributed by atoms with Crippen LogP contribution in [0.2, 0.25) is 0 Å². The van der Waals surface area contributed by atoms with E-state index in [-0.39, 0.29) is 0 Å². The third-order valence-corrected chi connectivity index (χ3v) is 0.406. The number of hydrogen-bond donors (Lipinski definition) is 3. The minimum Gasteiger partial charge on any atom is -0.351 e. The molecule has 5 nitrogen and oxygen atoms in total. The largest absolute Gasteiger partial charge is 0.351 e. The summed E-state index contributed by atoms with van der Waals surface area (Å²) < 4.78 is 0. The highest BCUT2D eigenvalue weighted by Crippen LogP contribution is 1.62. The summed E-state index contributed by atoms with van der Waals surface area (Å²) in [5, 5.41) is 0. The van der Waals surface area contributed by atoms with E-state index in [9.17, 15) is 0 Å². The molecule has 0 saturated heterocycles.